The van der Waals surface area contributed by atoms with E-state index in [0.29, 0.717) is 24.8 Å². The number of aliphatic carboxylic acids is 1. The number of hydrogen-bond acceptors (Lipinski definition) is 4. The van der Waals surface area contributed by atoms with Gasteiger partial charge in [0.25, 0.3) is 0 Å². The summed E-state index contributed by atoms with van der Waals surface area (Å²) in [5, 5.41) is 9.36. The summed E-state index contributed by atoms with van der Waals surface area (Å²) >= 11 is 1.48. The molecule has 23 heavy (non-hydrogen) atoms. The molecule has 124 valence electrons. The van der Waals surface area contributed by atoms with Gasteiger partial charge in [-0.1, -0.05) is 0 Å². The van der Waals surface area contributed by atoms with Crippen LogP contribution in [-0.2, 0) is 9.59 Å². The molecule has 5 nitrogen and oxygen atoms in total. The number of carboxylic acids is 1. The monoisotopic (exact) mass is 335 g/mol. The number of likely N-dealkylation sites (tertiary alicyclic amines) is 1. The normalized spacial score (nSPS) is 23.8. The third-order valence-electron chi connectivity index (χ3n) is 4.68. The average molecular weight is 335 g/mol. The molecule has 0 unspecified atom stereocenters. The molecule has 2 atom stereocenters. The van der Waals surface area contributed by atoms with E-state index < -0.39 is 11.9 Å². The van der Waals surface area contributed by atoms with Crippen LogP contribution >= 0.6 is 11.8 Å². The van der Waals surface area contributed by atoms with Gasteiger partial charge in [0.05, 0.1) is 18.8 Å². The maximum absolute atomic E-state index is 12.4. The van der Waals surface area contributed by atoms with Crippen molar-refractivity contribution in [3.63, 3.8) is 0 Å². The fraction of sp³-hybridized carbons (Fsp3) is 0.529. The lowest BCUT2D eigenvalue weighted by Crippen LogP contribution is -2.31. The summed E-state index contributed by atoms with van der Waals surface area (Å²) in [6, 6.07) is 7.58. The van der Waals surface area contributed by atoms with E-state index in [2.05, 4.69) is 0 Å². The second-order valence-corrected chi connectivity index (χ2v) is 7.26. The van der Waals surface area contributed by atoms with Crippen molar-refractivity contribution in [1.82, 2.24) is 4.90 Å². The maximum Gasteiger partial charge on any atom is 0.308 e. The number of benzene rings is 1. The summed E-state index contributed by atoms with van der Waals surface area (Å²) in [5.74, 6) is 0.649. The molecule has 1 N–H and O–H groups in total. The minimum absolute atomic E-state index is 0.0280. The standard InChI is InChI=1S/C17H21NO4S/c1-22-12-4-6-13(7-5-12)23-10-16(19)18-8-14(11-2-3-11)15(9-18)17(20)21/h4-7,11,14-15H,2-3,8-10H2,1H3,(H,20,21)/t14-,15+/m1/s1. The minimum Gasteiger partial charge on any atom is -0.497 e. The van der Waals surface area contributed by atoms with Crippen molar-refractivity contribution in [2.75, 3.05) is 26.0 Å². The molecule has 6 heteroatoms. The van der Waals surface area contributed by atoms with Gasteiger partial charge >= 0.3 is 5.97 Å². The van der Waals surface area contributed by atoms with Crippen LogP contribution in [0.5, 0.6) is 5.75 Å². The van der Waals surface area contributed by atoms with E-state index in [-0.39, 0.29) is 11.8 Å². The van der Waals surface area contributed by atoms with Gasteiger partial charge in [-0.15, -0.1) is 11.8 Å². The summed E-state index contributed by atoms with van der Waals surface area (Å²) in [7, 11) is 1.62. The number of thioether (sulfide) groups is 1. The molecule has 3 rings (SSSR count). The van der Waals surface area contributed by atoms with Gasteiger partial charge < -0.3 is 14.7 Å². The molecule has 0 spiro atoms. The Bertz CT molecular complexity index is 585. The first-order valence-electron chi connectivity index (χ1n) is 7.86. The Labute approximate surface area is 140 Å². The third kappa shape index (κ3) is 3.80. The molecular formula is C17H21NO4S. The van der Waals surface area contributed by atoms with Crippen LogP contribution in [0.4, 0.5) is 0 Å². The number of carbonyl (C=O) groups is 2. The van der Waals surface area contributed by atoms with Crippen molar-refractivity contribution in [3.8, 4) is 5.75 Å². The van der Waals surface area contributed by atoms with Crippen molar-refractivity contribution in [2.45, 2.75) is 17.7 Å². The molecule has 2 fully saturated rings. The zero-order chi connectivity index (χ0) is 16.4. The molecule has 1 saturated carbocycles. The van der Waals surface area contributed by atoms with Crippen LogP contribution < -0.4 is 4.74 Å². The Hall–Kier alpha value is -1.69. The second kappa shape index (κ2) is 6.83. The van der Waals surface area contributed by atoms with E-state index in [4.69, 9.17) is 4.74 Å². The molecule has 1 aromatic rings. The molecule has 0 radical (unpaired) electrons. The number of rotatable bonds is 6. The fourth-order valence-electron chi connectivity index (χ4n) is 3.20. The van der Waals surface area contributed by atoms with E-state index in [1.54, 1.807) is 12.0 Å². The Balaban J connectivity index is 1.54. The second-order valence-electron chi connectivity index (χ2n) is 6.21. The SMILES string of the molecule is COc1ccc(SCC(=O)N2C[C@H](C(=O)O)[C@@H](C3CC3)C2)cc1. The molecule has 0 bridgehead atoms. The molecule has 1 heterocycles. The van der Waals surface area contributed by atoms with Gasteiger partial charge in [0.1, 0.15) is 5.75 Å². The Morgan fingerprint density at radius 1 is 1.26 bits per heavy atom. The summed E-state index contributed by atoms with van der Waals surface area (Å²) in [5.41, 5.74) is 0. The predicted molar refractivity (Wildman–Crippen MR) is 87.6 cm³/mol. The van der Waals surface area contributed by atoms with Crippen LogP contribution in [0.2, 0.25) is 0 Å². The van der Waals surface area contributed by atoms with Gasteiger partial charge in [-0.2, -0.15) is 0 Å². The number of nitrogens with zero attached hydrogens (tertiary/aromatic N) is 1. The van der Waals surface area contributed by atoms with E-state index in [0.717, 1.165) is 23.5 Å². The van der Waals surface area contributed by atoms with Crippen LogP contribution in [0.15, 0.2) is 29.2 Å². The first-order chi connectivity index (χ1) is 11.1. The molecular weight excluding hydrogens is 314 g/mol. The van der Waals surface area contributed by atoms with E-state index >= 15 is 0 Å². The third-order valence-corrected chi connectivity index (χ3v) is 5.68. The minimum atomic E-state index is -0.764. The van der Waals surface area contributed by atoms with Crippen LogP contribution in [-0.4, -0.2) is 47.8 Å². The molecule has 0 aromatic heterocycles. The van der Waals surface area contributed by atoms with Crippen molar-refractivity contribution < 1.29 is 19.4 Å². The van der Waals surface area contributed by atoms with Gasteiger partial charge in [-0.3, -0.25) is 9.59 Å². The smallest absolute Gasteiger partial charge is 0.308 e. The number of hydrogen-bond donors (Lipinski definition) is 1. The highest BCUT2D eigenvalue weighted by Crippen LogP contribution is 2.44. The average Bonchev–Trinajstić information content (AvgIpc) is 3.31. The Morgan fingerprint density at radius 3 is 2.52 bits per heavy atom. The Morgan fingerprint density at radius 2 is 1.96 bits per heavy atom. The lowest BCUT2D eigenvalue weighted by molar-refractivity contribution is -0.142. The van der Waals surface area contributed by atoms with Crippen LogP contribution in [0.25, 0.3) is 0 Å². The van der Waals surface area contributed by atoms with Crippen molar-refractivity contribution >= 4 is 23.6 Å². The summed E-state index contributed by atoms with van der Waals surface area (Å²) in [6.07, 6.45) is 2.22. The Kier molecular flexibility index (Phi) is 4.80. The van der Waals surface area contributed by atoms with Crippen LogP contribution in [0.3, 0.4) is 0 Å². The van der Waals surface area contributed by atoms with Crippen LogP contribution in [0.1, 0.15) is 12.8 Å². The first kappa shape index (κ1) is 16.2. The highest BCUT2D eigenvalue weighted by molar-refractivity contribution is 8.00. The highest BCUT2D eigenvalue weighted by atomic mass is 32.2. The molecule has 1 amide bonds. The molecule has 1 aliphatic heterocycles. The van der Waals surface area contributed by atoms with Crippen LogP contribution in [0, 0.1) is 17.8 Å². The van der Waals surface area contributed by atoms with Crippen molar-refractivity contribution in [3.05, 3.63) is 24.3 Å². The largest absolute Gasteiger partial charge is 0.497 e. The highest BCUT2D eigenvalue weighted by Gasteiger charge is 2.46. The quantitative estimate of drug-likeness (QED) is 0.809. The zero-order valence-corrected chi connectivity index (χ0v) is 13.9. The number of carbonyl (C=O) groups excluding carboxylic acids is 1. The number of methoxy groups -OCH3 is 1. The van der Waals surface area contributed by atoms with E-state index in [9.17, 15) is 14.7 Å². The summed E-state index contributed by atoms with van der Waals surface area (Å²) in [4.78, 5) is 26.5. The maximum atomic E-state index is 12.4. The fourth-order valence-corrected chi connectivity index (χ4v) is 4.01. The van der Waals surface area contributed by atoms with Gasteiger partial charge in [0, 0.05) is 18.0 Å². The van der Waals surface area contributed by atoms with Crippen molar-refractivity contribution in [2.24, 2.45) is 17.8 Å². The van der Waals surface area contributed by atoms with Gasteiger partial charge in [0.2, 0.25) is 5.91 Å². The van der Waals surface area contributed by atoms with Gasteiger partial charge in [0.15, 0.2) is 0 Å². The summed E-state index contributed by atoms with van der Waals surface area (Å²) < 4.78 is 5.11. The van der Waals surface area contributed by atoms with Crippen molar-refractivity contribution in [1.29, 1.82) is 0 Å². The van der Waals surface area contributed by atoms with Gasteiger partial charge in [-0.25, -0.2) is 0 Å². The van der Waals surface area contributed by atoms with E-state index in [1.807, 2.05) is 24.3 Å². The molecule has 1 saturated heterocycles. The topological polar surface area (TPSA) is 66.8 Å². The number of carboxylic acid groups (broad SMARTS) is 1. The predicted octanol–water partition coefficient (Wildman–Crippen LogP) is 2.36. The van der Waals surface area contributed by atoms with E-state index in [1.165, 1.54) is 11.8 Å². The first-order valence-corrected chi connectivity index (χ1v) is 8.84. The molecule has 2 aliphatic rings. The summed E-state index contributed by atoms with van der Waals surface area (Å²) in [6.45, 7) is 0.960. The zero-order valence-electron chi connectivity index (χ0n) is 13.1. The molecule has 1 aromatic carbocycles. The van der Waals surface area contributed by atoms with Gasteiger partial charge in [-0.05, 0) is 48.9 Å². The molecule has 1 aliphatic carbocycles. The number of ether oxygens (including phenoxy) is 1. The number of amides is 1. The lowest BCUT2D eigenvalue weighted by Gasteiger charge is -2.16. The lowest BCUT2D eigenvalue weighted by atomic mass is 9.92.